The van der Waals surface area contributed by atoms with Crippen molar-refractivity contribution >= 4 is 22.4 Å². The summed E-state index contributed by atoms with van der Waals surface area (Å²) >= 11 is 6.42. The fourth-order valence-corrected chi connectivity index (χ4v) is 7.76. The molecule has 8 rings (SSSR count). The lowest BCUT2D eigenvalue weighted by Gasteiger charge is -2.19. The second-order valence-corrected chi connectivity index (χ2v) is 14.3. The summed E-state index contributed by atoms with van der Waals surface area (Å²) in [6, 6.07) is 43.6. The van der Waals surface area contributed by atoms with E-state index in [-0.39, 0.29) is 6.61 Å². The average molecular weight is 775 g/mol. The van der Waals surface area contributed by atoms with Gasteiger partial charge in [0.05, 0.1) is 33.1 Å². The molecule has 0 unspecified atom stereocenters. The summed E-state index contributed by atoms with van der Waals surface area (Å²) in [6.45, 7) is 2.95. The molecule has 0 spiro atoms. The molecule has 0 fully saturated rings. The first-order chi connectivity index (χ1) is 28.0. The van der Waals surface area contributed by atoms with Crippen LogP contribution in [0.5, 0.6) is 11.5 Å². The van der Waals surface area contributed by atoms with E-state index in [9.17, 15) is 5.11 Å². The number of aliphatic hydroxyl groups is 1. The first-order valence-corrected chi connectivity index (χ1v) is 19.5. The number of rotatable bonds is 14. The Hall–Kier alpha value is -6.29. The summed E-state index contributed by atoms with van der Waals surface area (Å²) in [5, 5.41) is 26.9. The first-order valence-electron chi connectivity index (χ1n) is 19.1. The lowest BCUT2D eigenvalue weighted by molar-refractivity contribution is 0.271. The van der Waals surface area contributed by atoms with Gasteiger partial charge in [0.15, 0.2) is 5.15 Å². The Morgan fingerprint density at radius 2 is 1.33 bits per heavy atom. The Morgan fingerprint density at radius 3 is 2.02 bits per heavy atom. The number of methoxy groups -OCH3 is 2. The van der Waals surface area contributed by atoms with Crippen molar-refractivity contribution in [2.75, 3.05) is 14.2 Å². The lowest BCUT2D eigenvalue weighted by atomic mass is 9.86. The molecule has 0 aliphatic rings. The molecular weight excluding hydrogens is 732 g/mol. The Bertz CT molecular complexity index is 2630. The van der Waals surface area contributed by atoms with Gasteiger partial charge >= 0.3 is 0 Å². The minimum absolute atomic E-state index is 0.162. The van der Waals surface area contributed by atoms with E-state index < -0.39 is 0 Å². The molecule has 1 N–H and O–H groups in total. The number of nitrogens with zero attached hydrogens (tertiary/aromatic N) is 6. The molecule has 0 amide bonds. The number of imidazole rings is 1. The average Bonchev–Trinajstić information content (AvgIpc) is 3.85. The fraction of sp³-hybridized carbons (Fsp3) is 0.191. The molecule has 9 nitrogen and oxygen atoms in total. The molecule has 0 saturated carbocycles. The Morgan fingerprint density at radius 1 is 0.702 bits per heavy atom. The van der Waals surface area contributed by atoms with Crippen molar-refractivity contribution in [3.63, 3.8) is 0 Å². The normalized spacial score (nSPS) is 11.3. The van der Waals surface area contributed by atoms with Crippen LogP contribution in [0.15, 0.2) is 127 Å². The Labute approximate surface area is 337 Å². The predicted molar refractivity (Wildman–Crippen MR) is 227 cm³/mol. The molecule has 0 bridgehead atoms. The van der Waals surface area contributed by atoms with Crippen LogP contribution in [-0.4, -0.2) is 49.1 Å². The van der Waals surface area contributed by atoms with Crippen LogP contribution in [0.25, 0.3) is 55.5 Å². The van der Waals surface area contributed by atoms with Gasteiger partial charge in [-0.15, -0.1) is 10.2 Å². The highest BCUT2D eigenvalue weighted by atomic mass is 35.5. The largest absolute Gasteiger partial charge is 0.497 e. The Balaban J connectivity index is 1.15. The quantitative estimate of drug-likeness (QED) is 0.117. The summed E-state index contributed by atoms with van der Waals surface area (Å²) < 4.78 is 13.1. The summed E-state index contributed by atoms with van der Waals surface area (Å²) in [5.74, 6) is 3.02. The van der Waals surface area contributed by atoms with Crippen molar-refractivity contribution < 1.29 is 14.6 Å². The van der Waals surface area contributed by atoms with Gasteiger partial charge < -0.3 is 19.1 Å². The first kappa shape index (κ1) is 37.6. The van der Waals surface area contributed by atoms with Gasteiger partial charge in [-0.1, -0.05) is 122 Å². The predicted octanol–water partition coefficient (Wildman–Crippen LogP) is 10.3. The van der Waals surface area contributed by atoms with E-state index in [4.69, 9.17) is 26.2 Å². The number of aromatic nitrogens is 6. The van der Waals surface area contributed by atoms with Crippen molar-refractivity contribution in [3.8, 4) is 56.3 Å². The minimum atomic E-state index is -0.162. The van der Waals surface area contributed by atoms with Gasteiger partial charge in [0.25, 0.3) is 0 Å². The number of fused-ring (bicyclic) bond motifs is 1. The van der Waals surface area contributed by atoms with Crippen molar-refractivity contribution in [1.29, 1.82) is 0 Å². The zero-order chi connectivity index (χ0) is 39.3. The minimum Gasteiger partial charge on any atom is -0.497 e. The van der Waals surface area contributed by atoms with E-state index >= 15 is 0 Å². The third-order valence-corrected chi connectivity index (χ3v) is 10.8. The number of ether oxygens (including phenoxy) is 2. The van der Waals surface area contributed by atoms with Gasteiger partial charge in [0, 0.05) is 18.5 Å². The monoisotopic (exact) mass is 774 g/mol. The fourth-order valence-electron chi connectivity index (χ4n) is 7.50. The van der Waals surface area contributed by atoms with Crippen LogP contribution in [-0.2, 0) is 26.1 Å². The van der Waals surface area contributed by atoms with Gasteiger partial charge in [-0.05, 0) is 97.2 Å². The van der Waals surface area contributed by atoms with Gasteiger partial charge in [0.2, 0.25) is 5.82 Å². The zero-order valence-electron chi connectivity index (χ0n) is 32.2. The van der Waals surface area contributed by atoms with Crippen LogP contribution < -0.4 is 9.47 Å². The molecule has 2 heterocycles. The van der Waals surface area contributed by atoms with E-state index in [1.807, 2.05) is 47.0 Å². The van der Waals surface area contributed by atoms with Crippen molar-refractivity contribution in [3.05, 3.63) is 155 Å². The molecule has 286 valence electrons. The number of aryl methyl sites for hydroxylation is 1. The van der Waals surface area contributed by atoms with Gasteiger partial charge in [-0.2, -0.15) is 4.80 Å². The molecular formula is C47H43ClN6O3. The molecule has 0 aliphatic heterocycles. The van der Waals surface area contributed by atoms with Crippen LogP contribution in [0.1, 0.15) is 42.4 Å². The molecule has 10 heteroatoms. The standard InChI is InChI=1S/C47H43ClN6O3/c1-4-5-14-44-49-46(48)43(30-55)53(44)28-31-15-17-32(18-16-31)38-11-8-9-13-40(38)47-50-52-54(51-47)29-42-39-12-7-6-10-35(39)27-41(33-19-23-36(56-2)24-20-33)45(42)34-21-25-37(57-3)26-22-34/h6-13,15-27,55H,4-5,14,28-30H2,1-3H3. The maximum Gasteiger partial charge on any atom is 0.205 e. The van der Waals surface area contributed by atoms with Crippen molar-refractivity contribution in [2.45, 2.75) is 45.9 Å². The second-order valence-electron chi connectivity index (χ2n) is 14.0. The molecule has 8 aromatic rings. The van der Waals surface area contributed by atoms with E-state index in [0.717, 1.165) is 97.4 Å². The number of hydrogen-bond donors (Lipinski definition) is 1. The molecule has 0 radical (unpaired) electrons. The molecule has 6 aromatic carbocycles. The third kappa shape index (κ3) is 7.77. The molecule has 0 saturated heterocycles. The maximum atomic E-state index is 10.1. The number of halogens is 1. The summed E-state index contributed by atoms with van der Waals surface area (Å²) in [7, 11) is 3.36. The van der Waals surface area contributed by atoms with Crippen LogP contribution in [0.2, 0.25) is 5.15 Å². The number of benzene rings is 6. The van der Waals surface area contributed by atoms with E-state index in [1.54, 1.807) is 19.0 Å². The van der Waals surface area contributed by atoms with Crippen LogP contribution in [0.3, 0.4) is 0 Å². The summed E-state index contributed by atoms with van der Waals surface area (Å²) in [5.41, 5.74) is 10.0. The second kappa shape index (κ2) is 16.8. The van der Waals surface area contributed by atoms with Crippen molar-refractivity contribution in [1.82, 2.24) is 29.8 Å². The molecule has 57 heavy (non-hydrogen) atoms. The SMILES string of the molecule is CCCCc1nc(Cl)c(CO)n1Cc1ccc(-c2ccccc2-c2nnn(Cc3c(-c4ccc(OC)cc4)c(-c4ccc(OC)cc4)cc4ccccc34)n2)cc1. The maximum absolute atomic E-state index is 10.1. The van der Waals surface area contributed by atoms with Gasteiger partial charge in [-0.3, -0.25) is 0 Å². The van der Waals surface area contributed by atoms with Crippen LogP contribution in [0.4, 0.5) is 0 Å². The van der Waals surface area contributed by atoms with E-state index in [1.165, 1.54) is 0 Å². The highest BCUT2D eigenvalue weighted by Crippen LogP contribution is 2.41. The van der Waals surface area contributed by atoms with Crippen LogP contribution in [0, 0.1) is 0 Å². The van der Waals surface area contributed by atoms with Crippen molar-refractivity contribution in [2.24, 2.45) is 0 Å². The number of hydrogen-bond acceptors (Lipinski definition) is 7. The number of unbranched alkanes of at least 4 members (excludes halogenated alkanes) is 1. The van der Waals surface area contributed by atoms with Crippen LogP contribution >= 0.6 is 11.6 Å². The number of tetrazole rings is 1. The smallest absolute Gasteiger partial charge is 0.205 e. The molecule has 2 aromatic heterocycles. The summed E-state index contributed by atoms with van der Waals surface area (Å²) in [4.78, 5) is 6.24. The Kier molecular flexibility index (Phi) is 11.1. The topological polar surface area (TPSA) is 100 Å². The molecule has 0 aliphatic carbocycles. The lowest BCUT2D eigenvalue weighted by Crippen LogP contribution is -2.09. The van der Waals surface area contributed by atoms with E-state index in [0.29, 0.717) is 29.8 Å². The zero-order valence-corrected chi connectivity index (χ0v) is 32.9. The molecule has 0 atom stereocenters. The van der Waals surface area contributed by atoms with Gasteiger partial charge in [-0.25, -0.2) is 4.98 Å². The highest BCUT2D eigenvalue weighted by Gasteiger charge is 2.20. The van der Waals surface area contributed by atoms with Gasteiger partial charge in [0.1, 0.15) is 17.3 Å². The highest BCUT2D eigenvalue weighted by molar-refractivity contribution is 6.30. The van der Waals surface area contributed by atoms with E-state index in [2.05, 4.69) is 107 Å². The third-order valence-electron chi connectivity index (χ3n) is 10.5. The summed E-state index contributed by atoms with van der Waals surface area (Å²) in [6.07, 6.45) is 2.86. The number of aliphatic hydroxyl groups excluding tert-OH is 1.